The average Bonchev–Trinajstić information content (AvgIpc) is 2.36. The quantitative estimate of drug-likeness (QED) is 0.514. The molecule has 0 radical (unpaired) electrons. The molecule has 6 heteroatoms. The number of hydrogen-bond donors (Lipinski definition) is 2. The Balaban J connectivity index is 2.15. The first-order valence-electron chi connectivity index (χ1n) is 5.65. The third kappa shape index (κ3) is 3.66. The minimum Gasteiger partial charge on any atom is -0.508 e. The number of anilines is 1. The van der Waals surface area contributed by atoms with Crippen LogP contribution < -0.4 is 5.43 Å². The van der Waals surface area contributed by atoms with Gasteiger partial charge in [-0.1, -0.05) is 11.6 Å². The van der Waals surface area contributed by atoms with Crippen LogP contribution in [0.2, 0.25) is 5.15 Å². The molecule has 0 amide bonds. The van der Waals surface area contributed by atoms with Gasteiger partial charge in [0.25, 0.3) is 0 Å². The average molecular weight is 277 g/mol. The zero-order valence-electron chi connectivity index (χ0n) is 10.6. The summed E-state index contributed by atoms with van der Waals surface area (Å²) >= 11 is 5.83. The molecular weight excluding hydrogens is 264 g/mol. The molecule has 1 aromatic carbocycles. The lowest BCUT2D eigenvalue weighted by atomic mass is 10.1. The second kappa shape index (κ2) is 5.67. The van der Waals surface area contributed by atoms with E-state index in [1.54, 1.807) is 37.3 Å². The number of hydrazone groups is 1. The molecule has 0 saturated carbocycles. The topological polar surface area (TPSA) is 70.4 Å². The minimum absolute atomic E-state index is 0.225. The van der Waals surface area contributed by atoms with Crippen molar-refractivity contribution in [2.24, 2.45) is 5.10 Å². The first-order chi connectivity index (χ1) is 9.04. The molecule has 0 atom stereocenters. The summed E-state index contributed by atoms with van der Waals surface area (Å²) < 4.78 is 0. The number of phenolic OH excluding ortho intramolecular Hbond substituents is 1. The lowest BCUT2D eigenvalue weighted by Crippen LogP contribution is -2.02. The Kier molecular flexibility index (Phi) is 3.97. The summed E-state index contributed by atoms with van der Waals surface area (Å²) in [5.41, 5.74) is 4.50. The van der Waals surface area contributed by atoms with Crippen molar-refractivity contribution >= 4 is 23.1 Å². The zero-order valence-corrected chi connectivity index (χ0v) is 11.3. The molecule has 0 aliphatic carbocycles. The van der Waals surface area contributed by atoms with Crippen LogP contribution in [0.15, 0.2) is 35.4 Å². The first-order valence-corrected chi connectivity index (χ1v) is 6.03. The Morgan fingerprint density at radius 2 is 1.95 bits per heavy atom. The number of nitrogens with zero attached hydrogens (tertiary/aromatic N) is 3. The smallest absolute Gasteiger partial charge is 0.151 e. The van der Waals surface area contributed by atoms with Gasteiger partial charge in [0.05, 0.1) is 5.71 Å². The summed E-state index contributed by atoms with van der Waals surface area (Å²) in [6.45, 7) is 3.61. The van der Waals surface area contributed by atoms with E-state index in [-0.39, 0.29) is 5.75 Å². The van der Waals surface area contributed by atoms with E-state index in [0.717, 1.165) is 11.3 Å². The molecular formula is C13H13ClN4O. The van der Waals surface area contributed by atoms with Crippen LogP contribution in [0, 0.1) is 6.92 Å². The lowest BCUT2D eigenvalue weighted by Gasteiger charge is -2.04. The Bertz CT molecular complexity index is 590. The molecule has 2 aromatic rings. The van der Waals surface area contributed by atoms with Crippen LogP contribution in [0.3, 0.4) is 0 Å². The fraction of sp³-hybridized carbons (Fsp3) is 0.154. The monoisotopic (exact) mass is 276 g/mol. The van der Waals surface area contributed by atoms with Crippen LogP contribution in [0.25, 0.3) is 0 Å². The number of aryl methyl sites for hydroxylation is 1. The molecule has 0 aliphatic rings. The molecule has 0 spiro atoms. The lowest BCUT2D eigenvalue weighted by molar-refractivity contribution is 0.475. The highest BCUT2D eigenvalue weighted by Crippen LogP contribution is 2.13. The molecule has 2 rings (SSSR count). The van der Waals surface area contributed by atoms with Crippen molar-refractivity contribution in [2.45, 2.75) is 13.8 Å². The van der Waals surface area contributed by atoms with Crippen molar-refractivity contribution in [3.05, 3.63) is 46.9 Å². The zero-order chi connectivity index (χ0) is 13.8. The largest absolute Gasteiger partial charge is 0.508 e. The van der Waals surface area contributed by atoms with Gasteiger partial charge in [0.1, 0.15) is 16.7 Å². The van der Waals surface area contributed by atoms with Gasteiger partial charge >= 0.3 is 0 Å². The van der Waals surface area contributed by atoms with Gasteiger partial charge in [0, 0.05) is 6.07 Å². The van der Waals surface area contributed by atoms with E-state index in [9.17, 15) is 5.11 Å². The summed E-state index contributed by atoms with van der Waals surface area (Å²) in [7, 11) is 0. The number of aromatic hydroxyl groups is 1. The van der Waals surface area contributed by atoms with Gasteiger partial charge in [-0.25, -0.2) is 9.97 Å². The van der Waals surface area contributed by atoms with Crippen LogP contribution in [-0.2, 0) is 0 Å². The standard InChI is InChI=1S/C13H13ClN4O/c1-8(10-3-5-11(19)6-4-10)17-18-13-7-12(14)15-9(2)16-13/h3-7,19H,1-2H3,(H,15,16,18). The minimum atomic E-state index is 0.225. The van der Waals surface area contributed by atoms with E-state index >= 15 is 0 Å². The highest BCUT2D eigenvalue weighted by atomic mass is 35.5. The van der Waals surface area contributed by atoms with Crippen LogP contribution >= 0.6 is 11.6 Å². The van der Waals surface area contributed by atoms with Crippen molar-refractivity contribution in [3.8, 4) is 5.75 Å². The van der Waals surface area contributed by atoms with Crippen LogP contribution in [-0.4, -0.2) is 20.8 Å². The molecule has 5 nitrogen and oxygen atoms in total. The second-order valence-electron chi connectivity index (χ2n) is 3.98. The normalized spacial score (nSPS) is 11.4. The number of benzene rings is 1. The van der Waals surface area contributed by atoms with Gasteiger partial charge in [-0.05, 0) is 43.7 Å². The maximum absolute atomic E-state index is 9.22. The molecule has 1 aromatic heterocycles. The summed E-state index contributed by atoms with van der Waals surface area (Å²) in [5.74, 6) is 1.34. The Morgan fingerprint density at radius 1 is 1.26 bits per heavy atom. The van der Waals surface area contributed by atoms with Crippen molar-refractivity contribution < 1.29 is 5.11 Å². The van der Waals surface area contributed by atoms with Crippen molar-refractivity contribution in [1.29, 1.82) is 0 Å². The Morgan fingerprint density at radius 3 is 2.58 bits per heavy atom. The molecule has 2 N–H and O–H groups in total. The SMILES string of the molecule is CC(=NNc1cc(Cl)nc(C)n1)c1ccc(O)cc1. The van der Waals surface area contributed by atoms with Crippen molar-refractivity contribution in [2.75, 3.05) is 5.43 Å². The second-order valence-corrected chi connectivity index (χ2v) is 4.37. The number of hydrogen-bond acceptors (Lipinski definition) is 5. The predicted octanol–water partition coefficient (Wildman–Crippen LogP) is 2.98. The van der Waals surface area contributed by atoms with Crippen LogP contribution in [0.1, 0.15) is 18.3 Å². The van der Waals surface area contributed by atoms with Gasteiger partial charge in [-0.15, -0.1) is 0 Å². The van der Waals surface area contributed by atoms with Gasteiger partial charge in [0.2, 0.25) is 0 Å². The summed E-state index contributed by atoms with van der Waals surface area (Å²) in [6.07, 6.45) is 0. The maximum atomic E-state index is 9.22. The molecule has 98 valence electrons. The Labute approximate surface area is 116 Å². The number of nitrogens with one attached hydrogen (secondary N) is 1. The number of rotatable bonds is 3. The molecule has 0 aliphatic heterocycles. The van der Waals surface area contributed by atoms with Gasteiger partial charge in [0.15, 0.2) is 5.82 Å². The summed E-state index contributed by atoms with van der Waals surface area (Å²) in [5, 5.41) is 13.8. The van der Waals surface area contributed by atoms with E-state index in [1.807, 2.05) is 6.92 Å². The molecule has 0 saturated heterocycles. The van der Waals surface area contributed by atoms with E-state index in [0.29, 0.717) is 16.8 Å². The van der Waals surface area contributed by atoms with Gasteiger partial charge in [-0.3, -0.25) is 5.43 Å². The van der Waals surface area contributed by atoms with Crippen molar-refractivity contribution in [3.63, 3.8) is 0 Å². The highest BCUT2D eigenvalue weighted by Gasteiger charge is 2.00. The van der Waals surface area contributed by atoms with E-state index < -0.39 is 0 Å². The summed E-state index contributed by atoms with van der Waals surface area (Å²) in [4.78, 5) is 8.13. The predicted molar refractivity (Wildman–Crippen MR) is 75.7 cm³/mol. The van der Waals surface area contributed by atoms with Crippen LogP contribution in [0.4, 0.5) is 5.82 Å². The number of aromatic nitrogens is 2. The van der Waals surface area contributed by atoms with Gasteiger partial charge in [-0.2, -0.15) is 5.10 Å². The number of halogens is 1. The third-order valence-corrected chi connectivity index (χ3v) is 2.62. The molecule has 0 fully saturated rings. The molecule has 1 heterocycles. The fourth-order valence-corrected chi connectivity index (χ4v) is 1.72. The highest BCUT2D eigenvalue weighted by molar-refractivity contribution is 6.29. The maximum Gasteiger partial charge on any atom is 0.151 e. The fourth-order valence-electron chi connectivity index (χ4n) is 1.50. The first kappa shape index (κ1) is 13.3. The van der Waals surface area contributed by atoms with Gasteiger partial charge < -0.3 is 5.11 Å². The van der Waals surface area contributed by atoms with E-state index in [4.69, 9.17) is 11.6 Å². The molecule has 0 bridgehead atoms. The third-order valence-electron chi connectivity index (χ3n) is 2.43. The Hall–Kier alpha value is -2.14. The van der Waals surface area contributed by atoms with Crippen molar-refractivity contribution in [1.82, 2.24) is 9.97 Å². The molecule has 19 heavy (non-hydrogen) atoms. The summed E-state index contributed by atoms with van der Waals surface area (Å²) in [6, 6.07) is 8.39. The van der Waals surface area contributed by atoms with E-state index in [1.165, 1.54) is 0 Å². The van der Waals surface area contributed by atoms with Crippen LogP contribution in [0.5, 0.6) is 5.75 Å². The molecule has 0 unspecified atom stereocenters. The number of phenols is 1. The van der Waals surface area contributed by atoms with E-state index in [2.05, 4.69) is 20.5 Å².